The number of nitrogens with zero attached hydrogens (tertiary/aromatic N) is 1. The second kappa shape index (κ2) is 4.67. The number of aldehydes is 1. The molecule has 0 N–H and O–H groups in total. The van der Waals surface area contributed by atoms with Gasteiger partial charge in [0.05, 0.1) is 23.7 Å². The third-order valence-electron chi connectivity index (χ3n) is 3.56. The number of hydrogen-bond donors (Lipinski definition) is 0. The van der Waals surface area contributed by atoms with E-state index in [4.69, 9.17) is 9.47 Å². The molecule has 0 saturated carbocycles. The largest absolute Gasteiger partial charge is 0.380 e. The first-order valence-electron chi connectivity index (χ1n) is 6.39. The van der Waals surface area contributed by atoms with Gasteiger partial charge in [-0.1, -0.05) is 0 Å². The Morgan fingerprint density at radius 3 is 2.76 bits per heavy atom. The van der Waals surface area contributed by atoms with Crippen LogP contribution in [0.3, 0.4) is 0 Å². The van der Waals surface area contributed by atoms with E-state index in [2.05, 4.69) is 25.7 Å². The van der Waals surface area contributed by atoms with E-state index >= 15 is 0 Å². The first kappa shape index (κ1) is 13.0. The van der Waals surface area contributed by atoms with Crippen LogP contribution >= 0.6 is 0 Å². The summed E-state index contributed by atoms with van der Waals surface area (Å²) in [5, 5.41) is 0. The highest BCUT2D eigenvalue weighted by Gasteiger charge is 2.40. The highest BCUT2D eigenvalue weighted by atomic mass is 16.5. The van der Waals surface area contributed by atoms with Crippen molar-refractivity contribution in [1.82, 2.24) is 4.90 Å². The van der Waals surface area contributed by atoms with Gasteiger partial charge in [-0.3, -0.25) is 4.90 Å². The molecule has 2 fully saturated rings. The number of hydrogen-bond acceptors (Lipinski definition) is 4. The average molecular weight is 241 g/mol. The molecule has 2 aliphatic rings. The normalized spacial score (nSPS) is 38.2. The Kier molecular flexibility index (Phi) is 3.57. The van der Waals surface area contributed by atoms with Crippen molar-refractivity contribution in [2.75, 3.05) is 32.8 Å². The van der Waals surface area contributed by atoms with Gasteiger partial charge < -0.3 is 14.3 Å². The Hall–Kier alpha value is -0.450. The SMILES string of the molecule is CC1CN(CC2(C=O)CCOC2)CC(C)(C)O1. The number of ether oxygens (including phenoxy) is 2. The zero-order valence-electron chi connectivity index (χ0n) is 11.1. The molecule has 17 heavy (non-hydrogen) atoms. The van der Waals surface area contributed by atoms with Crippen molar-refractivity contribution in [3.05, 3.63) is 0 Å². The lowest BCUT2D eigenvalue weighted by Crippen LogP contribution is -2.54. The summed E-state index contributed by atoms with van der Waals surface area (Å²) in [7, 11) is 0. The predicted molar refractivity (Wildman–Crippen MR) is 65.0 cm³/mol. The monoisotopic (exact) mass is 241 g/mol. The van der Waals surface area contributed by atoms with Crippen LogP contribution in [0.15, 0.2) is 0 Å². The van der Waals surface area contributed by atoms with Crippen LogP contribution in [-0.2, 0) is 14.3 Å². The Morgan fingerprint density at radius 1 is 1.47 bits per heavy atom. The molecule has 2 saturated heterocycles. The van der Waals surface area contributed by atoms with E-state index in [-0.39, 0.29) is 17.1 Å². The molecule has 0 aliphatic carbocycles. The molecule has 0 aromatic rings. The fourth-order valence-electron chi connectivity index (χ4n) is 3.03. The standard InChI is InChI=1S/C13H23NO3/c1-11-6-14(7-12(2,3)17-11)8-13(9-15)4-5-16-10-13/h9,11H,4-8,10H2,1-3H3. The molecule has 0 aromatic heterocycles. The van der Waals surface area contributed by atoms with Crippen LogP contribution in [0.1, 0.15) is 27.2 Å². The van der Waals surface area contributed by atoms with E-state index in [1.807, 2.05) is 0 Å². The quantitative estimate of drug-likeness (QED) is 0.693. The summed E-state index contributed by atoms with van der Waals surface area (Å²) in [6.07, 6.45) is 2.17. The van der Waals surface area contributed by atoms with Crippen molar-refractivity contribution in [2.24, 2.45) is 5.41 Å². The van der Waals surface area contributed by atoms with Crippen LogP contribution in [0.4, 0.5) is 0 Å². The molecule has 2 atom stereocenters. The van der Waals surface area contributed by atoms with Crippen molar-refractivity contribution < 1.29 is 14.3 Å². The summed E-state index contributed by atoms with van der Waals surface area (Å²) in [5.74, 6) is 0. The molecule has 0 amide bonds. The Labute approximate surface area is 103 Å². The van der Waals surface area contributed by atoms with E-state index < -0.39 is 0 Å². The topological polar surface area (TPSA) is 38.8 Å². The number of morpholine rings is 1. The smallest absolute Gasteiger partial charge is 0.129 e. The van der Waals surface area contributed by atoms with Crippen LogP contribution in [0.25, 0.3) is 0 Å². The third kappa shape index (κ3) is 3.06. The molecule has 0 radical (unpaired) electrons. The molecule has 2 rings (SSSR count). The minimum Gasteiger partial charge on any atom is -0.380 e. The number of carbonyl (C=O) groups is 1. The number of rotatable bonds is 3. The summed E-state index contributed by atoms with van der Waals surface area (Å²) in [5.41, 5.74) is -0.408. The minimum atomic E-state index is -0.285. The lowest BCUT2D eigenvalue weighted by molar-refractivity contribution is -0.139. The van der Waals surface area contributed by atoms with Crippen molar-refractivity contribution >= 4 is 6.29 Å². The van der Waals surface area contributed by atoms with Crippen LogP contribution in [-0.4, -0.2) is 55.7 Å². The van der Waals surface area contributed by atoms with Gasteiger partial charge in [0.2, 0.25) is 0 Å². The Morgan fingerprint density at radius 2 is 2.24 bits per heavy atom. The summed E-state index contributed by atoms with van der Waals surface area (Å²) in [4.78, 5) is 13.7. The second-order valence-corrected chi connectivity index (χ2v) is 6.14. The molecule has 98 valence electrons. The first-order valence-corrected chi connectivity index (χ1v) is 6.39. The Balaban J connectivity index is 2.00. The highest BCUT2D eigenvalue weighted by molar-refractivity contribution is 5.60. The lowest BCUT2D eigenvalue weighted by Gasteiger charge is -2.43. The van der Waals surface area contributed by atoms with Crippen molar-refractivity contribution in [3.8, 4) is 0 Å². The molecule has 4 nitrogen and oxygen atoms in total. The molecular weight excluding hydrogens is 218 g/mol. The van der Waals surface area contributed by atoms with Crippen LogP contribution in [0.2, 0.25) is 0 Å². The Bertz CT molecular complexity index is 284. The van der Waals surface area contributed by atoms with Gasteiger partial charge >= 0.3 is 0 Å². The lowest BCUT2D eigenvalue weighted by atomic mass is 9.87. The third-order valence-corrected chi connectivity index (χ3v) is 3.56. The maximum atomic E-state index is 11.3. The zero-order valence-corrected chi connectivity index (χ0v) is 11.1. The van der Waals surface area contributed by atoms with E-state index in [1.165, 1.54) is 0 Å². The molecule has 4 heteroatoms. The van der Waals surface area contributed by atoms with Gasteiger partial charge in [-0.25, -0.2) is 0 Å². The van der Waals surface area contributed by atoms with Crippen molar-refractivity contribution in [3.63, 3.8) is 0 Å². The van der Waals surface area contributed by atoms with Gasteiger partial charge in [0.1, 0.15) is 6.29 Å². The maximum Gasteiger partial charge on any atom is 0.129 e. The zero-order chi connectivity index (χ0) is 12.5. The summed E-state index contributed by atoms with van der Waals surface area (Å²) < 4.78 is 11.3. The maximum absolute atomic E-state index is 11.3. The van der Waals surface area contributed by atoms with Crippen LogP contribution in [0, 0.1) is 5.41 Å². The van der Waals surface area contributed by atoms with Crippen molar-refractivity contribution in [1.29, 1.82) is 0 Å². The van der Waals surface area contributed by atoms with Gasteiger partial charge in [0.25, 0.3) is 0 Å². The molecule has 0 bridgehead atoms. The highest BCUT2D eigenvalue weighted by Crippen LogP contribution is 2.30. The van der Waals surface area contributed by atoms with Gasteiger partial charge in [0.15, 0.2) is 0 Å². The average Bonchev–Trinajstić information content (AvgIpc) is 2.63. The predicted octanol–water partition coefficient (Wildman–Crippen LogP) is 1.09. The van der Waals surface area contributed by atoms with Crippen molar-refractivity contribution in [2.45, 2.75) is 38.9 Å². The van der Waals surface area contributed by atoms with Gasteiger partial charge in [-0.15, -0.1) is 0 Å². The second-order valence-electron chi connectivity index (χ2n) is 6.14. The first-order chi connectivity index (χ1) is 7.95. The van der Waals surface area contributed by atoms with Crippen LogP contribution < -0.4 is 0 Å². The van der Waals surface area contributed by atoms with Gasteiger partial charge in [-0.05, 0) is 27.2 Å². The molecular formula is C13H23NO3. The van der Waals surface area contributed by atoms with E-state index in [0.717, 1.165) is 32.3 Å². The fraction of sp³-hybridized carbons (Fsp3) is 0.923. The van der Waals surface area contributed by atoms with E-state index in [9.17, 15) is 4.79 Å². The number of carbonyl (C=O) groups excluding carboxylic acids is 1. The fourth-order valence-corrected chi connectivity index (χ4v) is 3.03. The molecule has 2 heterocycles. The van der Waals surface area contributed by atoms with Gasteiger partial charge in [0, 0.05) is 26.2 Å². The summed E-state index contributed by atoms with van der Waals surface area (Å²) >= 11 is 0. The molecule has 2 unspecified atom stereocenters. The minimum absolute atomic E-state index is 0.124. The molecule has 2 aliphatic heterocycles. The summed E-state index contributed by atoms with van der Waals surface area (Å²) in [6.45, 7) is 10.2. The van der Waals surface area contributed by atoms with Crippen LogP contribution in [0.5, 0.6) is 0 Å². The van der Waals surface area contributed by atoms with E-state index in [0.29, 0.717) is 13.2 Å². The van der Waals surface area contributed by atoms with E-state index in [1.54, 1.807) is 0 Å². The molecule has 0 aromatic carbocycles. The summed E-state index contributed by atoms with van der Waals surface area (Å²) in [6, 6.07) is 0. The van der Waals surface area contributed by atoms with Gasteiger partial charge in [-0.2, -0.15) is 0 Å². The molecule has 0 spiro atoms.